The average molecular weight is 194 g/mol. The molecule has 1 saturated heterocycles. The number of hydrogen-bond donors (Lipinski definition) is 1. The summed E-state index contributed by atoms with van der Waals surface area (Å²) in [5.41, 5.74) is 0. The van der Waals surface area contributed by atoms with E-state index in [0.29, 0.717) is 6.04 Å². The highest BCUT2D eigenvalue weighted by molar-refractivity contribution is 4.92. The predicted octanol–water partition coefficient (Wildman–Crippen LogP) is 1.14. The van der Waals surface area contributed by atoms with Gasteiger partial charge in [0.1, 0.15) is 0 Å². The molecule has 2 unspecified atom stereocenters. The third kappa shape index (κ3) is 1.92. The maximum absolute atomic E-state index is 9.76. The highest BCUT2D eigenvalue weighted by Gasteiger charge is 2.32. The number of nitriles is 1. The van der Waals surface area contributed by atoms with Crippen molar-refractivity contribution in [2.24, 2.45) is 5.92 Å². The van der Waals surface area contributed by atoms with Gasteiger partial charge in [0.2, 0.25) is 0 Å². The fourth-order valence-corrected chi connectivity index (χ4v) is 2.71. The first-order valence-electron chi connectivity index (χ1n) is 5.63. The molecule has 2 aliphatic rings. The van der Waals surface area contributed by atoms with Gasteiger partial charge in [-0.1, -0.05) is 0 Å². The molecule has 1 N–H and O–H groups in total. The standard InChI is InChI=1S/C11H18N2O/c12-8-9-4-6-13(7-5-9)10-2-1-3-11(10)14/h9-11,14H,1-7H2. The first-order chi connectivity index (χ1) is 6.81. The van der Waals surface area contributed by atoms with Crippen molar-refractivity contribution in [2.45, 2.75) is 44.2 Å². The molecule has 1 aliphatic heterocycles. The van der Waals surface area contributed by atoms with Gasteiger partial charge in [-0.3, -0.25) is 4.90 Å². The Hall–Kier alpha value is -0.590. The lowest BCUT2D eigenvalue weighted by Gasteiger charge is -2.35. The Balaban J connectivity index is 1.86. The number of aliphatic hydroxyl groups is 1. The first kappa shape index (κ1) is 9.95. The molecular weight excluding hydrogens is 176 g/mol. The van der Waals surface area contributed by atoms with Gasteiger partial charge in [0.25, 0.3) is 0 Å². The molecule has 3 nitrogen and oxygen atoms in total. The van der Waals surface area contributed by atoms with Gasteiger partial charge >= 0.3 is 0 Å². The molecule has 2 rings (SSSR count). The zero-order valence-electron chi connectivity index (χ0n) is 8.52. The van der Waals surface area contributed by atoms with E-state index in [1.807, 2.05) is 0 Å². The second-order valence-electron chi connectivity index (χ2n) is 4.50. The first-order valence-corrected chi connectivity index (χ1v) is 5.63. The van der Waals surface area contributed by atoms with Crippen LogP contribution in [0.15, 0.2) is 0 Å². The van der Waals surface area contributed by atoms with Crippen LogP contribution >= 0.6 is 0 Å². The summed E-state index contributed by atoms with van der Waals surface area (Å²) >= 11 is 0. The number of piperidine rings is 1. The van der Waals surface area contributed by atoms with Crippen molar-refractivity contribution < 1.29 is 5.11 Å². The summed E-state index contributed by atoms with van der Waals surface area (Å²) in [7, 11) is 0. The lowest BCUT2D eigenvalue weighted by atomic mass is 9.96. The van der Waals surface area contributed by atoms with Crippen molar-refractivity contribution in [1.29, 1.82) is 5.26 Å². The van der Waals surface area contributed by atoms with Crippen LogP contribution in [-0.4, -0.2) is 35.2 Å². The molecule has 0 bridgehead atoms. The van der Waals surface area contributed by atoms with Crippen molar-refractivity contribution in [1.82, 2.24) is 4.90 Å². The minimum Gasteiger partial charge on any atom is -0.391 e. The van der Waals surface area contributed by atoms with Gasteiger partial charge in [-0.15, -0.1) is 0 Å². The van der Waals surface area contributed by atoms with E-state index in [1.165, 1.54) is 0 Å². The van der Waals surface area contributed by atoms with Crippen molar-refractivity contribution in [3.05, 3.63) is 0 Å². The summed E-state index contributed by atoms with van der Waals surface area (Å²) in [5, 5.41) is 18.5. The molecular formula is C11H18N2O. The smallest absolute Gasteiger partial charge is 0.0695 e. The molecule has 3 heteroatoms. The highest BCUT2D eigenvalue weighted by Crippen LogP contribution is 2.27. The van der Waals surface area contributed by atoms with Crippen LogP contribution < -0.4 is 0 Å². The van der Waals surface area contributed by atoms with Crippen molar-refractivity contribution in [3.63, 3.8) is 0 Å². The topological polar surface area (TPSA) is 47.3 Å². The Morgan fingerprint density at radius 3 is 2.36 bits per heavy atom. The summed E-state index contributed by atoms with van der Waals surface area (Å²) in [5.74, 6) is 0.254. The summed E-state index contributed by atoms with van der Waals surface area (Å²) in [6.07, 6.45) is 5.11. The molecule has 1 saturated carbocycles. The molecule has 0 spiro atoms. The van der Waals surface area contributed by atoms with Gasteiger partial charge in [0.15, 0.2) is 0 Å². The van der Waals surface area contributed by atoms with Crippen LogP contribution in [0.2, 0.25) is 0 Å². The molecule has 0 radical (unpaired) electrons. The molecule has 0 aromatic carbocycles. The Morgan fingerprint density at radius 2 is 1.86 bits per heavy atom. The van der Waals surface area contributed by atoms with Gasteiger partial charge in [0, 0.05) is 12.0 Å². The maximum Gasteiger partial charge on any atom is 0.0695 e. The van der Waals surface area contributed by atoms with Gasteiger partial charge in [-0.25, -0.2) is 0 Å². The van der Waals surface area contributed by atoms with E-state index in [-0.39, 0.29) is 12.0 Å². The van der Waals surface area contributed by atoms with E-state index in [9.17, 15) is 5.11 Å². The fourth-order valence-electron chi connectivity index (χ4n) is 2.71. The van der Waals surface area contributed by atoms with Gasteiger partial charge in [-0.2, -0.15) is 5.26 Å². The quantitative estimate of drug-likeness (QED) is 0.681. The van der Waals surface area contributed by atoms with E-state index in [4.69, 9.17) is 5.26 Å². The van der Waals surface area contributed by atoms with Crippen LogP contribution in [0.25, 0.3) is 0 Å². The monoisotopic (exact) mass is 194 g/mol. The molecule has 1 heterocycles. The third-order valence-electron chi connectivity index (χ3n) is 3.63. The van der Waals surface area contributed by atoms with E-state index < -0.39 is 0 Å². The van der Waals surface area contributed by atoms with Crippen LogP contribution in [0.1, 0.15) is 32.1 Å². The maximum atomic E-state index is 9.76. The third-order valence-corrected chi connectivity index (χ3v) is 3.63. The summed E-state index contributed by atoms with van der Waals surface area (Å²) in [6, 6.07) is 2.72. The van der Waals surface area contributed by atoms with Crippen LogP contribution in [0.4, 0.5) is 0 Å². The van der Waals surface area contributed by atoms with Crippen LogP contribution in [0, 0.1) is 17.2 Å². The highest BCUT2D eigenvalue weighted by atomic mass is 16.3. The van der Waals surface area contributed by atoms with Crippen molar-refractivity contribution in [2.75, 3.05) is 13.1 Å². The Kier molecular flexibility index (Phi) is 3.05. The summed E-state index contributed by atoms with van der Waals surface area (Å²) in [4.78, 5) is 2.38. The minimum absolute atomic E-state index is 0.117. The van der Waals surface area contributed by atoms with Crippen molar-refractivity contribution >= 4 is 0 Å². The molecule has 0 aromatic rings. The Labute approximate surface area is 85.3 Å². The predicted molar refractivity (Wildman–Crippen MR) is 53.6 cm³/mol. The lowest BCUT2D eigenvalue weighted by molar-refractivity contribution is 0.0534. The molecule has 14 heavy (non-hydrogen) atoms. The lowest BCUT2D eigenvalue weighted by Crippen LogP contribution is -2.44. The molecule has 2 fully saturated rings. The normalized spacial score (nSPS) is 35.7. The number of likely N-dealkylation sites (tertiary alicyclic amines) is 1. The molecule has 0 aromatic heterocycles. The van der Waals surface area contributed by atoms with Crippen LogP contribution in [0.3, 0.4) is 0 Å². The Morgan fingerprint density at radius 1 is 1.14 bits per heavy atom. The van der Waals surface area contributed by atoms with E-state index in [0.717, 1.165) is 45.2 Å². The number of nitrogens with zero attached hydrogens (tertiary/aromatic N) is 2. The Bertz CT molecular complexity index is 228. The SMILES string of the molecule is N#CC1CCN(C2CCCC2O)CC1. The largest absolute Gasteiger partial charge is 0.391 e. The number of aliphatic hydroxyl groups excluding tert-OH is 1. The average Bonchev–Trinajstić information content (AvgIpc) is 2.65. The molecule has 1 aliphatic carbocycles. The second kappa shape index (κ2) is 4.29. The van der Waals surface area contributed by atoms with E-state index in [2.05, 4.69) is 11.0 Å². The van der Waals surface area contributed by atoms with E-state index in [1.54, 1.807) is 0 Å². The molecule has 2 atom stereocenters. The zero-order valence-corrected chi connectivity index (χ0v) is 8.52. The zero-order chi connectivity index (χ0) is 9.97. The van der Waals surface area contributed by atoms with Crippen LogP contribution in [-0.2, 0) is 0 Å². The molecule has 0 amide bonds. The van der Waals surface area contributed by atoms with Crippen molar-refractivity contribution in [3.8, 4) is 6.07 Å². The molecule has 78 valence electrons. The minimum atomic E-state index is -0.117. The second-order valence-corrected chi connectivity index (χ2v) is 4.50. The summed E-state index contributed by atoms with van der Waals surface area (Å²) < 4.78 is 0. The van der Waals surface area contributed by atoms with Gasteiger partial charge in [0.05, 0.1) is 12.2 Å². The van der Waals surface area contributed by atoms with E-state index >= 15 is 0 Å². The summed E-state index contributed by atoms with van der Waals surface area (Å²) in [6.45, 7) is 2.00. The number of hydrogen-bond acceptors (Lipinski definition) is 3. The fraction of sp³-hybridized carbons (Fsp3) is 0.909. The van der Waals surface area contributed by atoms with Crippen LogP contribution in [0.5, 0.6) is 0 Å². The number of rotatable bonds is 1. The van der Waals surface area contributed by atoms with Gasteiger partial charge in [-0.05, 0) is 45.2 Å². The van der Waals surface area contributed by atoms with Gasteiger partial charge < -0.3 is 5.11 Å².